The van der Waals surface area contributed by atoms with E-state index in [1.807, 2.05) is 31.2 Å². The van der Waals surface area contributed by atoms with Crippen molar-refractivity contribution in [3.05, 3.63) is 54.4 Å². The second-order valence-corrected chi connectivity index (χ2v) is 4.74. The number of rotatable bonds is 7. The number of amides is 1. The summed E-state index contributed by atoms with van der Waals surface area (Å²) >= 11 is 0. The zero-order chi connectivity index (χ0) is 15.8. The summed E-state index contributed by atoms with van der Waals surface area (Å²) in [5, 5.41) is 2.86. The van der Waals surface area contributed by atoms with E-state index >= 15 is 0 Å². The lowest BCUT2D eigenvalue weighted by atomic mass is 10.2. The van der Waals surface area contributed by atoms with Gasteiger partial charge >= 0.3 is 0 Å². The molecule has 1 amide bonds. The molecule has 1 aromatic carbocycles. The van der Waals surface area contributed by atoms with Gasteiger partial charge in [-0.2, -0.15) is 0 Å². The zero-order valence-corrected chi connectivity index (χ0v) is 12.8. The first-order chi connectivity index (χ1) is 10.7. The highest BCUT2D eigenvalue weighted by atomic mass is 16.5. The molecule has 1 aromatic heterocycles. The summed E-state index contributed by atoms with van der Waals surface area (Å²) in [5.74, 6) is 1.02. The van der Waals surface area contributed by atoms with Crippen LogP contribution in [0.2, 0.25) is 0 Å². The van der Waals surface area contributed by atoms with E-state index in [2.05, 4.69) is 10.3 Å². The number of carbonyl (C=O) groups excluding carboxylic acids is 1. The lowest BCUT2D eigenvalue weighted by Crippen LogP contribution is -2.37. The molecule has 22 heavy (non-hydrogen) atoms. The molecule has 0 saturated heterocycles. The molecule has 0 unspecified atom stereocenters. The van der Waals surface area contributed by atoms with E-state index in [4.69, 9.17) is 9.47 Å². The fourth-order valence-electron chi connectivity index (χ4n) is 2.00. The van der Waals surface area contributed by atoms with Gasteiger partial charge in [0.25, 0.3) is 5.91 Å². The Labute approximate surface area is 130 Å². The van der Waals surface area contributed by atoms with Gasteiger partial charge in [-0.25, -0.2) is 0 Å². The maximum atomic E-state index is 12.3. The molecular weight excluding hydrogens is 280 g/mol. The van der Waals surface area contributed by atoms with Crippen molar-refractivity contribution in [2.45, 2.75) is 26.0 Å². The van der Waals surface area contributed by atoms with Crippen LogP contribution in [0.15, 0.2) is 48.8 Å². The Morgan fingerprint density at radius 2 is 2.00 bits per heavy atom. The first-order valence-electron chi connectivity index (χ1n) is 7.21. The summed E-state index contributed by atoms with van der Waals surface area (Å²) in [6, 6.07) is 11.0. The molecule has 1 N–H and O–H groups in total. The second kappa shape index (κ2) is 8.02. The number of ether oxygens (including phenoxy) is 2. The number of hydrogen-bond acceptors (Lipinski definition) is 4. The van der Waals surface area contributed by atoms with Crippen LogP contribution in [0.25, 0.3) is 0 Å². The van der Waals surface area contributed by atoms with E-state index in [-0.39, 0.29) is 5.91 Å². The summed E-state index contributed by atoms with van der Waals surface area (Å²) in [4.78, 5) is 16.3. The van der Waals surface area contributed by atoms with Crippen LogP contribution in [-0.2, 0) is 11.3 Å². The summed E-state index contributed by atoms with van der Waals surface area (Å²) in [6.07, 6.45) is 3.43. The smallest absolute Gasteiger partial charge is 0.261 e. The number of para-hydroxylation sites is 2. The molecule has 0 saturated carbocycles. The topological polar surface area (TPSA) is 60.5 Å². The molecule has 0 bridgehead atoms. The molecule has 1 heterocycles. The van der Waals surface area contributed by atoms with Crippen molar-refractivity contribution in [2.24, 2.45) is 0 Å². The van der Waals surface area contributed by atoms with E-state index < -0.39 is 6.10 Å². The molecule has 116 valence electrons. The highest BCUT2D eigenvalue weighted by molar-refractivity contribution is 5.81. The minimum atomic E-state index is -0.562. The third kappa shape index (κ3) is 4.22. The van der Waals surface area contributed by atoms with Crippen molar-refractivity contribution in [3.63, 3.8) is 0 Å². The molecule has 0 radical (unpaired) electrons. The molecule has 5 heteroatoms. The summed E-state index contributed by atoms with van der Waals surface area (Å²) < 4.78 is 11.0. The van der Waals surface area contributed by atoms with Crippen molar-refractivity contribution in [1.82, 2.24) is 10.3 Å². The normalized spacial score (nSPS) is 11.5. The maximum Gasteiger partial charge on any atom is 0.261 e. The predicted molar refractivity (Wildman–Crippen MR) is 83.8 cm³/mol. The Morgan fingerprint density at radius 1 is 1.23 bits per heavy atom. The number of benzene rings is 1. The number of pyridine rings is 1. The molecule has 2 rings (SSSR count). The van der Waals surface area contributed by atoms with Crippen molar-refractivity contribution in [2.75, 3.05) is 7.11 Å². The first kappa shape index (κ1) is 15.8. The van der Waals surface area contributed by atoms with Crippen LogP contribution in [0, 0.1) is 0 Å². The molecule has 2 aromatic rings. The van der Waals surface area contributed by atoms with E-state index in [0.717, 1.165) is 5.56 Å². The van der Waals surface area contributed by atoms with E-state index in [0.29, 0.717) is 24.5 Å². The minimum absolute atomic E-state index is 0.155. The minimum Gasteiger partial charge on any atom is -0.493 e. The monoisotopic (exact) mass is 300 g/mol. The van der Waals surface area contributed by atoms with Gasteiger partial charge in [0, 0.05) is 18.9 Å². The third-order valence-corrected chi connectivity index (χ3v) is 3.19. The van der Waals surface area contributed by atoms with E-state index in [1.54, 1.807) is 31.6 Å². The highest BCUT2D eigenvalue weighted by Crippen LogP contribution is 2.27. The van der Waals surface area contributed by atoms with E-state index in [1.165, 1.54) is 0 Å². The Balaban J connectivity index is 1.97. The van der Waals surface area contributed by atoms with Crippen LogP contribution < -0.4 is 14.8 Å². The van der Waals surface area contributed by atoms with Gasteiger partial charge in [0.1, 0.15) is 0 Å². The van der Waals surface area contributed by atoms with Gasteiger partial charge in [0.05, 0.1) is 7.11 Å². The molecule has 1 atom stereocenters. The number of nitrogens with zero attached hydrogens (tertiary/aromatic N) is 1. The average molecular weight is 300 g/mol. The van der Waals surface area contributed by atoms with Gasteiger partial charge in [-0.3, -0.25) is 9.78 Å². The van der Waals surface area contributed by atoms with E-state index in [9.17, 15) is 4.79 Å². The summed E-state index contributed by atoms with van der Waals surface area (Å²) in [7, 11) is 1.58. The quantitative estimate of drug-likeness (QED) is 0.853. The first-order valence-corrected chi connectivity index (χ1v) is 7.21. The van der Waals surface area contributed by atoms with Gasteiger partial charge in [-0.15, -0.1) is 0 Å². The fraction of sp³-hybridized carbons (Fsp3) is 0.294. The van der Waals surface area contributed by atoms with Crippen LogP contribution in [0.5, 0.6) is 11.5 Å². The number of aromatic nitrogens is 1. The number of carbonyl (C=O) groups is 1. The maximum absolute atomic E-state index is 12.3. The SMILES string of the molecule is CC[C@@H](Oc1ccccc1OC)C(=O)NCc1cccnc1. The molecular formula is C17H20N2O3. The van der Waals surface area contributed by atoms with Gasteiger partial charge in [0.2, 0.25) is 0 Å². The van der Waals surface area contributed by atoms with Crippen LogP contribution in [-0.4, -0.2) is 24.1 Å². The molecule has 0 aliphatic carbocycles. The standard InChI is InChI=1S/C17H20N2O3/c1-3-14(22-16-9-5-4-8-15(16)21-2)17(20)19-12-13-7-6-10-18-11-13/h4-11,14H,3,12H2,1-2H3,(H,19,20)/t14-/m1/s1. The lowest BCUT2D eigenvalue weighted by Gasteiger charge is -2.18. The van der Waals surface area contributed by atoms with Crippen LogP contribution >= 0.6 is 0 Å². The van der Waals surface area contributed by atoms with Crippen molar-refractivity contribution in [1.29, 1.82) is 0 Å². The lowest BCUT2D eigenvalue weighted by molar-refractivity contribution is -0.128. The predicted octanol–water partition coefficient (Wildman–Crippen LogP) is 2.56. The summed E-state index contributed by atoms with van der Waals surface area (Å²) in [6.45, 7) is 2.34. The fourth-order valence-corrected chi connectivity index (χ4v) is 2.00. The molecule has 0 aliphatic rings. The van der Waals surface area contributed by atoms with Crippen molar-refractivity contribution in [3.8, 4) is 11.5 Å². The third-order valence-electron chi connectivity index (χ3n) is 3.19. The Kier molecular flexibility index (Phi) is 5.77. The van der Waals surface area contributed by atoms with Crippen molar-refractivity contribution < 1.29 is 14.3 Å². The second-order valence-electron chi connectivity index (χ2n) is 4.74. The van der Waals surface area contributed by atoms with Crippen LogP contribution in [0.4, 0.5) is 0 Å². The highest BCUT2D eigenvalue weighted by Gasteiger charge is 2.19. The largest absolute Gasteiger partial charge is 0.493 e. The molecule has 0 spiro atoms. The number of nitrogens with one attached hydrogen (secondary N) is 1. The van der Waals surface area contributed by atoms with Gasteiger partial charge in [0.15, 0.2) is 17.6 Å². The molecule has 0 aliphatic heterocycles. The molecule has 0 fully saturated rings. The molecule has 5 nitrogen and oxygen atoms in total. The van der Waals surface area contributed by atoms with Crippen LogP contribution in [0.3, 0.4) is 0 Å². The van der Waals surface area contributed by atoms with Gasteiger partial charge in [-0.1, -0.05) is 25.1 Å². The Bertz CT molecular complexity index is 602. The van der Waals surface area contributed by atoms with Gasteiger partial charge < -0.3 is 14.8 Å². The number of methoxy groups -OCH3 is 1. The van der Waals surface area contributed by atoms with Gasteiger partial charge in [-0.05, 0) is 30.2 Å². The average Bonchev–Trinajstić information content (AvgIpc) is 2.58. The van der Waals surface area contributed by atoms with Crippen LogP contribution in [0.1, 0.15) is 18.9 Å². The number of hydrogen-bond donors (Lipinski definition) is 1. The zero-order valence-electron chi connectivity index (χ0n) is 12.8. The summed E-state index contributed by atoms with van der Waals surface area (Å²) in [5.41, 5.74) is 0.947. The van der Waals surface area contributed by atoms with Crippen molar-refractivity contribution >= 4 is 5.91 Å². The Hall–Kier alpha value is -2.56. The Morgan fingerprint density at radius 3 is 2.64 bits per heavy atom.